The zero-order chi connectivity index (χ0) is 24.6. The maximum atomic E-state index is 12.7. The van der Waals surface area contributed by atoms with E-state index in [1.807, 2.05) is 23.4 Å². The number of hydrogen-bond acceptors (Lipinski definition) is 8. The van der Waals surface area contributed by atoms with E-state index in [9.17, 15) is 19.2 Å². The van der Waals surface area contributed by atoms with Gasteiger partial charge in [-0.2, -0.15) is 0 Å². The minimum atomic E-state index is -0.609. The molecule has 0 aliphatic carbocycles. The van der Waals surface area contributed by atoms with Gasteiger partial charge >= 0.3 is 5.97 Å². The summed E-state index contributed by atoms with van der Waals surface area (Å²) in [7, 11) is 0. The Balaban J connectivity index is 1.08. The largest absolute Gasteiger partial charge is 0.347 e. The number of carbonyl (C=O) groups excluding carboxylic acids is 4. The number of carbonyl (C=O) groups is 4. The monoisotopic (exact) mass is 484 g/mol. The van der Waals surface area contributed by atoms with Crippen LogP contribution in [0.3, 0.4) is 0 Å². The maximum Gasteiger partial charge on any atom is 0.347 e. The topological polar surface area (TPSA) is 100 Å². The summed E-state index contributed by atoms with van der Waals surface area (Å²) in [4.78, 5) is 61.6. The van der Waals surface area contributed by atoms with Crippen LogP contribution >= 0.6 is 0 Å². The number of aromatic nitrogens is 1. The third kappa shape index (κ3) is 6.95. The predicted octanol–water partition coefficient (Wildman–Crippen LogP) is 2.67. The number of likely N-dealkylation sites (tertiary alicyclic amines) is 2. The number of piperidine rings is 1. The van der Waals surface area contributed by atoms with Gasteiger partial charge < -0.3 is 4.84 Å². The van der Waals surface area contributed by atoms with Crippen LogP contribution in [0.25, 0.3) is 0 Å². The Morgan fingerprint density at radius 1 is 1.00 bits per heavy atom. The fraction of sp³-hybridized carbons (Fsp3) is 0.654. The molecule has 9 heteroatoms. The molecule has 3 aliphatic rings. The highest BCUT2D eigenvalue weighted by atomic mass is 16.7. The highest BCUT2D eigenvalue weighted by molar-refractivity contribution is 6.01. The summed E-state index contributed by atoms with van der Waals surface area (Å²) >= 11 is 0. The molecule has 4 heterocycles. The van der Waals surface area contributed by atoms with Crippen molar-refractivity contribution in [1.82, 2.24) is 19.8 Å². The number of pyridine rings is 1. The number of ketones is 1. The number of hydroxylamine groups is 2. The van der Waals surface area contributed by atoms with E-state index in [0.717, 1.165) is 45.2 Å². The molecule has 0 aromatic carbocycles. The SMILES string of the molecule is O=C(CN1CCC(C(=O)CCCCCN2CCC[C@H]2c2cccnc2)CC1)ON1C(=O)CCC1=O. The molecule has 35 heavy (non-hydrogen) atoms. The molecule has 190 valence electrons. The predicted molar refractivity (Wildman–Crippen MR) is 128 cm³/mol. The first kappa shape index (κ1) is 25.4. The van der Waals surface area contributed by atoms with Crippen LogP contribution in [-0.4, -0.2) is 76.1 Å². The molecule has 1 atom stereocenters. The van der Waals surface area contributed by atoms with Crippen LogP contribution < -0.4 is 0 Å². The van der Waals surface area contributed by atoms with E-state index < -0.39 is 17.8 Å². The first-order valence-electron chi connectivity index (χ1n) is 13.0. The molecule has 1 aromatic rings. The molecule has 0 saturated carbocycles. The van der Waals surface area contributed by atoms with Crippen LogP contribution in [0.5, 0.6) is 0 Å². The van der Waals surface area contributed by atoms with Gasteiger partial charge in [0.05, 0.1) is 6.54 Å². The van der Waals surface area contributed by atoms with Gasteiger partial charge in [-0.15, -0.1) is 5.06 Å². The molecule has 0 spiro atoms. The average molecular weight is 485 g/mol. The standard InChI is InChI=1S/C26H36N4O5/c31-23(8-2-1-3-14-29-15-5-7-22(29)21-6-4-13-27-18-21)20-11-16-28(17-12-20)19-26(34)35-30-24(32)9-10-25(30)33/h4,6,13,18,20,22H,1-3,5,7-12,14-17,19H2/t22-/m0/s1. The highest BCUT2D eigenvalue weighted by Crippen LogP contribution is 2.31. The number of hydrogen-bond donors (Lipinski definition) is 0. The molecule has 2 amide bonds. The summed E-state index contributed by atoms with van der Waals surface area (Å²) in [6, 6.07) is 4.65. The molecular formula is C26H36N4O5. The molecule has 0 unspecified atom stereocenters. The van der Waals surface area contributed by atoms with E-state index >= 15 is 0 Å². The number of Topliss-reactive ketones (excluding diaryl/α,β-unsaturated/α-hetero) is 1. The van der Waals surface area contributed by atoms with Crippen LogP contribution in [-0.2, 0) is 24.0 Å². The molecule has 4 rings (SSSR count). The number of nitrogens with zero attached hydrogens (tertiary/aromatic N) is 4. The first-order chi connectivity index (χ1) is 17.0. The number of imide groups is 1. The second-order valence-electron chi connectivity index (χ2n) is 9.85. The average Bonchev–Trinajstić information content (AvgIpc) is 3.46. The molecule has 0 radical (unpaired) electrons. The van der Waals surface area contributed by atoms with Crippen molar-refractivity contribution in [3.63, 3.8) is 0 Å². The van der Waals surface area contributed by atoms with Crippen molar-refractivity contribution < 1.29 is 24.0 Å². The Bertz CT molecular complexity index is 884. The van der Waals surface area contributed by atoms with Gasteiger partial charge in [0.25, 0.3) is 11.8 Å². The zero-order valence-electron chi connectivity index (χ0n) is 20.4. The first-order valence-corrected chi connectivity index (χ1v) is 13.0. The van der Waals surface area contributed by atoms with Crippen LogP contribution in [0.15, 0.2) is 24.5 Å². The van der Waals surface area contributed by atoms with Crippen molar-refractivity contribution in [1.29, 1.82) is 0 Å². The third-order valence-electron chi connectivity index (χ3n) is 7.40. The van der Waals surface area contributed by atoms with Gasteiger partial charge in [0.2, 0.25) is 0 Å². The van der Waals surface area contributed by atoms with Crippen molar-refractivity contribution in [2.45, 2.75) is 70.3 Å². The molecule has 0 bridgehead atoms. The third-order valence-corrected chi connectivity index (χ3v) is 7.40. The van der Waals surface area contributed by atoms with Gasteiger partial charge in [-0.05, 0) is 76.3 Å². The molecule has 3 saturated heterocycles. The van der Waals surface area contributed by atoms with E-state index in [1.165, 1.54) is 18.4 Å². The van der Waals surface area contributed by atoms with Crippen LogP contribution in [0.2, 0.25) is 0 Å². The number of unbranched alkanes of at least 4 members (excludes halogenated alkanes) is 2. The van der Waals surface area contributed by atoms with E-state index in [2.05, 4.69) is 16.0 Å². The highest BCUT2D eigenvalue weighted by Gasteiger charge is 2.34. The van der Waals surface area contributed by atoms with Crippen LogP contribution in [0.1, 0.15) is 75.8 Å². The molecule has 9 nitrogen and oxygen atoms in total. The minimum Gasteiger partial charge on any atom is -0.329 e. The summed E-state index contributed by atoms with van der Waals surface area (Å²) in [5.74, 6) is -1.17. The van der Waals surface area contributed by atoms with Gasteiger partial charge in [-0.25, -0.2) is 4.79 Å². The molecule has 1 aromatic heterocycles. The maximum absolute atomic E-state index is 12.7. The van der Waals surface area contributed by atoms with E-state index in [4.69, 9.17) is 4.84 Å². The van der Waals surface area contributed by atoms with E-state index in [-0.39, 0.29) is 25.3 Å². The van der Waals surface area contributed by atoms with E-state index in [1.54, 1.807) is 0 Å². The zero-order valence-corrected chi connectivity index (χ0v) is 20.4. The Hall–Kier alpha value is -2.65. The molecule has 3 aliphatic heterocycles. The summed E-state index contributed by atoms with van der Waals surface area (Å²) in [6.45, 7) is 3.50. The Morgan fingerprint density at radius 3 is 2.49 bits per heavy atom. The van der Waals surface area contributed by atoms with Crippen molar-refractivity contribution in [3.05, 3.63) is 30.1 Å². The van der Waals surface area contributed by atoms with Crippen molar-refractivity contribution in [3.8, 4) is 0 Å². The number of rotatable bonds is 11. The van der Waals surface area contributed by atoms with E-state index in [0.29, 0.717) is 36.4 Å². The lowest BCUT2D eigenvalue weighted by Gasteiger charge is -2.30. The minimum absolute atomic E-state index is 0.0223. The molecule has 3 fully saturated rings. The summed E-state index contributed by atoms with van der Waals surface area (Å²) in [5.41, 5.74) is 1.30. The van der Waals surface area contributed by atoms with Gasteiger partial charge in [-0.1, -0.05) is 12.5 Å². The summed E-state index contributed by atoms with van der Waals surface area (Å²) < 4.78 is 0. The normalized spacial score (nSPS) is 22.2. The quantitative estimate of drug-likeness (QED) is 0.349. The molecule has 0 N–H and O–H groups in total. The van der Waals surface area contributed by atoms with Gasteiger partial charge in [0, 0.05) is 43.6 Å². The number of amides is 2. The smallest absolute Gasteiger partial charge is 0.329 e. The second kappa shape index (κ2) is 12.4. The second-order valence-corrected chi connectivity index (χ2v) is 9.85. The Morgan fingerprint density at radius 2 is 1.77 bits per heavy atom. The van der Waals surface area contributed by atoms with Crippen LogP contribution in [0, 0.1) is 5.92 Å². The van der Waals surface area contributed by atoms with Gasteiger partial charge in [0.1, 0.15) is 5.78 Å². The van der Waals surface area contributed by atoms with Gasteiger partial charge in [0.15, 0.2) is 0 Å². The Kier molecular flexibility index (Phi) is 8.98. The lowest BCUT2D eigenvalue weighted by Crippen LogP contribution is -2.42. The Labute approximate surface area is 206 Å². The fourth-order valence-electron chi connectivity index (χ4n) is 5.42. The van der Waals surface area contributed by atoms with Crippen molar-refractivity contribution in [2.24, 2.45) is 5.92 Å². The lowest BCUT2D eigenvalue weighted by atomic mass is 9.90. The summed E-state index contributed by atoms with van der Waals surface area (Å²) in [5, 5.41) is 0.585. The van der Waals surface area contributed by atoms with Crippen LogP contribution in [0.4, 0.5) is 0 Å². The summed E-state index contributed by atoms with van der Waals surface area (Å²) in [6.07, 6.45) is 11.6. The fourth-order valence-corrected chi connectivity index (χ4v) is 5.42. The lowest BCUT2D eigenvalue weighted by molar-refractivity contribution is -0.198. The molecular weight excluding hydrogens is 448 g/mol. The van der Waals surface area contributed by atoms with Gasteiger partial charge in [-0.3, -0.25) is 29.2 Å². The van der Waals surface area contributed by atoms with Crippen molar-refractivity contribution >= 4 is 23.6 Å². The van der Waals surface area contributed by atoms with Crippen molar-refractivity contribution in [2.75, 3.05) is 32.7 Å².